The standard InChI is InChI=1S/C21H28N4O3/c1-14-8-9-19(28-14)17-13-18(24-23-17)20(26)22-11-10-16-7-2-3-12-25(16)21(27)15-5-4-6-15/h8-9,13,15-16H,2-7,10-12H2,1H3,(H,22,26)(H,23,24). The molecule has 2 aliphatic rings. The van der Waals surface area contributed by atoms with E-state index in [1.54, 1.807) is 6.07 Å². The summed E-state index contributed by atoms with van der Waals surface area (Å²) in [5.41, 5.74) is 1.03. The molecule has 1 atom stereocenters. The van der Waals surface area contributed by atoms with Crippen LogP contribution >= 0.6 is 0 Å². The second kappa shape index (κ2) is 8.20. The Hall–Kier alpha value is -2.57. The van der Waals surface area contributed by atoms with Crippen molar-refractivity contribution in [2.75, 3.05) is 13.1 Å². The summed E-state index contributed by atoms with van der Waals surface area (Å²) in [6.45, 7) is 3.27. The van der Waals surface area contributed by atoms with Gasteiger partial charge in [0, 0.05) is 31.1 Å². The van der Waals surface area contributed by atoms with Crippen LogP contribution in [0.4, 0.5) is 0 Å². The van der Waals surface area contributed by atoms with Crippen LogP contribution in [0.15, 0.2) is 22.6 Å². The lowest BCUT2D eigenvalue weighted by Gasteiger charge is -2.40. The molecular formula is C21H28N4O3. The van der Waals surface area contributed by atoms with Crippen molar-refractivity contribution in [1.82, 2.24) is 20.4 Å². The predicted molar refractivity (Wildman–Crippen MR) is 105 cm³/mol. The third kappa shape index (κ3) is 3.98. The highest BCUT2D eigenvalue weighted by Gasteiger charge is 2.34. The maximum Gasteiger partial charge on any atom is 0.271 e. The van der Waals surface area contributed by atoms with Gasteiger partial charge in [-0.25, -0.2) is 0 Å². The Morgan fingerprint density at radius 2 is 2.11 bits per heavy atom. The molecule has 1 aliphatic carbocycles. The van der Waals surface area contributed by atoms with Gasteiger partial charge in [0.25, 0.3) is 5.91 Å². The van der Waals surface area contributed by atoms with Crippen molar-refractivity contribution in [3.8, 4) is 11.5 Å². The predicted octanol–water partition coefficient (Wildman–Crippen LogP) is 3.28. The van der Waals surface area contributed by atoms with Crippen LogP contribution in [0.1, 0.15) is 61.2 Å². The fourth-order valence-corrected chi connectivity index (χ4v) is 4.07. The van der Waals surface area contributed by atoms with Crippen LogP contribution in [-0.4, -0.2) is 46.0 Å². The third-order valence-corrected chi connectivity index (χ3v) is 5.94. The fraction of sp³-hybridized carbons (Fsp3) is 0.571. The summed E-state index contributed by atoms with van der Waals surface area (Å²) in [6, 6.07) is 5.65. The van der Waals surface area contributed by atoms with Crippen LogP contribution in [0, 0.1) is 12.8 Å². The molecule has 3 heterocycles. The number of nitrogens with zero attached hydrogens (tertiary/aromatic N) is 2. The van der Waals surface area contributed by atoms with Gasteiger partial charge >= 0.3 is 0 Å². The molecule has 1 saturated carbocycles. The number of aryl methyl sites for hydroxylation is 1. The maximum absolute atomic E-state index is 12.7. The van der Waals surface area contributed by atoms with Crippen molar-refractivity contribution in [2.45, 2.75) is 57.9 Å². The van der Waals surface area contributed by atoms with Crippen molar-refractivity contribution < 1.29 is 14.0 Å². The minimum absolute atomic E-state index is 0.210. The van der Waals surface area contributed by atoms with Crippen LogP contribution in [-0.2, 0) is 4.79 Å². The zero-order valence-electron chi connectivity index (χ0n) is 16.4. The molecule has 0 bridgehead atoms. The summed E-state index contributed by atoms with van der Waals surface area (Å²) in [4.78, 5) is 27.1. The van der Waals surface area contributed by atoms with Crippen molar-refractivity contribution in [3.05, 3.63) is 29.7 Å². The van der Waals surface area contributed by atoms with E-state index < -0.39 is 0 Å². The minimum atomic E-state index is -0.210. The number of aromatic amines is 1. The molecule has 1 unspecified atom stereocenters. The number of hydrogen-bond donors (Lipinski definition) is 2. The zero-order chi connectivity index (χ0) is 19.5. The molecule has 0 spiro atoms. The lowest BCUT2D eigenvalue weighted by molar-refractivity contribution is -0.142. The van der Waals surface area contributed by atoms with E-state index in [2.05, 4.69) is 20.4 Å². The molecule has 4 rings (SSSR count). The van der Waals surface area contributed by atoms with Crippen LogP contribution in [0.25, 0.3) is 11.5 Å². The molecule has 150 valence electrons. The molecule has 1 saturated heterocycles. The molecule has 2 N–H and O–H groups in total. The summed E-state index contributed by atoms with van der Waals surface area (Å²) in [6.07, 6.45) is 7.30. The first kappa shape index (κ1) is 18.8. The number of nitrogens with one attached hydrogen (secondary N) is 2. The van der Waals surface area contributed by atoms with Gasteiger partial charge in [0.1, 0.15) is 11.5 Å². The topological polar surface area (TPSA) is 91.2 Å². The average molecular weight is 384 g/mol. The highest BCUT2D eigenvalue weighted by molar-refractivity contribution is 5.93. The molecule has 0 aromatic carbocycles. The number of rotatable bonds is 6. The zero-order valence-corrected chi connectivity index (χ0v) is 16.4. The molecule has 28 heavy (non-hydrogen) atoms. The van der Waals surface area contributed by atoms with E-state index in [1.807, 2.05) is 19.1 Å². The van der Waals surface area contributed by atoms with Crippen LogP contribution in [0.3, 0.4) is 0 Å². The molecule has 0 radical (unpaired) electrons. The highest BCUT2D eigenvalue weighted by Crippen LogP contribution is 2.31. The number of amides is 2. The monoisotopic (exact) mass is 384 g/mol. The Morgan fingerprint density at radius 3 is 2.82 bits per heavy atom. The van der Waals surface area contributed by atoms with E-state index in [0.717, 1.165) is 50.8 Å². The van der Waals surface area contributed by atoms with E-state index in [0.29, 0.717) is 29.6 Å². The van der Waals surface area contributed by atoms with Crippen LogP contribution < -0.4 is 5.32 Å². The number of carbonyl (C=O) groups excluding carboxylic acids is 2. The number of H-pyrrole nitrogens is 1. The summed E-state index contributed by atoms with van der Waals surface area (Å²) >= 11 is 0. The number of furan rings is 1. The van der Waals surface area contributed by atoms with Gasteiger partial charge in [0.05, 0.1) is 0 Å². The summed E-state index contributed by atoms with van der Waals surface area (Å²) in [7, 11) is 0. The average Bonchev–Trinajstić information content (AvgIpc) is 3.29. The van der Waals surface area contributed by atoms with Crippen molar-refractivity contribution in [3.63, 3.8) is 0 Å². The molecule has 7 heteroatoms. The number of hydrogen-bond acceptors (Lipinski definition) is 4. The number of likely N-dealkylation sites (tertiary alicyclic amines) is 1. The minimum Gasteiger partial charge on any atom is -0.460 e. The number of carbonyl (C=O) groups is 2. The van der Waals surface area contributed by atoms with Crippen LogP contribution in [0.2, 0.25) is 0 Å². The van der Waals surface area contributed by atoms with Crippen molar-refractivity contribution in [2.24, 2.45) is 5.92 Å². The van der Waals surface area contributed by atoms with Gasteiger partial charge in [-0.05, 0) is 57.6 Å². The van der Waals surface area contributed by atoms with Gasteiger partial charge in [0.15, 0.2) is 11.5 Å². The summed E-state index contributed by atoms with van der Waals surface area (Å²) in [5.74, 6) is 1.83. The van der Waals surface area contributed by atoms with E-state index in [1.165, 1.54) is 6.42 Å². The molecular weight excluding hydrogens is 356 g/mol. The normalized spacial score (nSPS) is 20.0. The fourth-order valence-electron chi connectivity index (χ4n) is 4.07. The smallest absolute Gasteiger partial charge is 0.271 e. The third-order valence-electron chi connectivity index (χ3n) is 5.94. The van der Waals surface area contributed by atoms with Gasteiger partial charge in [-0.15, -0.1) is 0 Å². The molecule has 2 amide bonds. The van der Waals surface area contributed by atoms with Crippen LogP contribution in [0.5, 0.6) is 0 Å². The second-order valence-electron chi connectivity index (χ2n) is 7.93. The second-order valence-corrected chi connectivity index (χ2v) is 7.93. The van der Waals surface area contributed by atoms with Gasteiger partial charge < -0.3 is 14.6 Å². The molecule has 7 nitrogen and oxygen atoms in total. The first-order valence-electron chi connectivity index (χ1n) is 10.3. The Kier molecular flexibility index (Phi) is 5.50. The van der Waals surface area contributed by atoms with Crippen molar-refractivity contribution >= 4 is 11.8 Å². The van der Waals surface area contributed by atoms with E-state index >= 15 is 0 Å². The first-order chi connectivity index (χ1) is 13.6. The first-order valence-corrected chi connectivity index (χ1v) is 10.3. The molecule has 1 aliphatic heterocycles. The highest BCUT2D eigenvalue weighted by atomic mass is 16.3. The Labute approximate surface area is 164 Å². The molecule has 2 fully saturated rings. The SMILES string of the molecule is Cc1ccc(-c2cc(C(=O)NCCC3CCCCN3C(=O)C3CCC3)n[nH]2)o1. The summed E-state index contributed by atoms with van der Waals surface area (Å²) < 4.78 is 5.55. The number of aromatic nitrogens is 2. The largest absolute Gasteiger partial charge is 0.460 e. The molecule has 2 aromatic heterocycles. The Balaban J connectivity index is 1.29. The van der Waals surface area contributed by atoms with E-state index in [9.17, 15) is 9.59 Å². The Morgan fingerprint density at radius 1 is 1.25 bits per heavy atom. The summed E-state index contributed by atoms with van der Waals surface area (Å²) in [5, 5.41) is 9.88. The van der Waals surface area contributed by atoms with Gasteiger partial charge in [-0.1, -0.05) is 6.42 Å². The quantitative estimate of drug-likeness (QED) is 0.800. The molecule has 2 aromatic rings. The number of piperidine rings is 1. The van der Waals surface area contributed by atoms with Crippen molar-refractivity contribution in [1.29, 1.82) is 0 Å². The Bertz CT molecular complexity index is 836. The lowest BCUT2D eigenvalue weighted by atomic mass is 9.83. The van der Waals surface area contributed by atoms with Gasteiger partial charge in [0.2, 0.25) is 5.91 Å². The maximum atomic E-state index is 12.7. The van der Waals surface area contributed by atoms with E-state index in [-0.39, 0.29) is 17.9 Å². The van der Waals surface area contributed by atoms with Gasteiger partial charge in [-0.2, -0.15) is 5.10 Å². The lowest BCUT2D eigenvalue weighted by Crippen LogP contribution is -2.48. The van der Waals surface area contributed by atoms with E-state index in [4.69, 9.17) is 4.42 Å². The van der Waals surface area contributed by atoms with Gasteiger partial charge in [-0.3, -0.25) is 14.7 Å².